The lowest BCUT2D eigenvalue weighted by Gasteiger charge is -2.10. The van der Waals surface area contributed by atoms with Gasteiger partial charge in [0.2, 0.25) is 15.9 Å². The molecule has 2 aromatic carbocycles. The van der Waals surface area contributed by atoms with Gasteiger partial charge in [0, 0.05) is 10.7 Å². The SMILES string of the molecule is Cc1ccc(NC(=O)CNC(=O)c2ccc(Cl)cc2Cl)cc1S(N)(=O)=O. The quantitative estimate of drug-likeness (QED) is 0.693. The lowest BCUT2D eigenvalue weighted by atomic mass is 10.2. The predicted molar refractivity (Wildman–Crippen MR) is 100.0 cm³/mol. The zero-order valence-electron chi connectivity index (χ0n) is 13.5. The van der Waals surface area contributed by atoms with E-state index in [1.54, 1.807) is 6.92 Å². The number of nitrogens with two attached hydrogens (primary N) is 1. The molecule has 2 rings (SSSR count). The molecule has 0 spiro atoms. The largest absolute Gasteiger partial charge is 0.343 e. The minimum Gasteiger partial charge on any atom is -0.343 e. The van der Waals surface area contributed by atoms with E-state index in [0.29, 0.717) is 10.6 Å². The van der Waals surface area contributed by atoms with Gasteiger partial charge in [0.1, 0.15) is 0 Å². The molecule has 0 aliphatic rings. The van der Waals surface area contributed by atoms with E-state index in [0.717, 1.165) is 0 Å². The van der Waals surface area contributed by atoms with Crippen LogP contribution in [0.3, 0.4) is 0 Å². The molecule has 0 radical (unpaired) electrons. The van der Waals surface area contributed by atoms with Crippen LogP contribution in [0.5, 0.6) is 0 Å². The first kappa shape index (κ1) is 20.2. The fraction of sp³-hybridized carbons (Fsp3) is 0.125. The van der Waals surface area contributed by atoms with Gasteiger partial charge in [0.15, 0.2) is 0 Å². The van der Waals surface area contributed by atoms with Crippen LogP contribution in [-0.2, 0) is 14.8 Å². The highest BCUT2D eigenvalue weighted by atomic mass is 35.5. The molecule has 4 N–H and O–H groups in total. The number of hydrogen-bond donors (Lipinski definition) is 3. The van der Waals surface area contributed by atoms with Crippen molar-refractivity contribution < 1.29 is 18.0 Å². The van der Waals surface area contributed by atoms with Crippen LogP contribution in [0.2, 0.25) is 10.0 Å². The molecule has 0 atom stereocenters. The van der Waals surface area contributed by atoms with Crippen molar-refractivity contribution in [2.24, 2.45) is 5.14 Å². The molecule has 0 fully saturated rings. The number of amides is 2. The summed E-state index contributed by atoms with van der Waals surface area (Å²) in [7, 11) is -3.91. The van der Waals surface area contributed by atoms with Gasteiger partial charge in [0.25, 0.3) is 5.91 Å². The van der Waals surface area contributed by atoms with Crippen molar-refractivity contribution in [2.75, 3.05) is 11.9 Å². The van der Waals surface area contributed by atoms with Gasteiger partial charge < -0.3 is 10.6 Å². The van der Waals surface area contributed by atoms with Crippen molar-refractivity contribution >= 4 is 50.7 Å². The van der Waals surface area contributed by atoms with Crippen molar-refractivity contribution in [3.05, 3.63) is 57.6 Å². The number of benzene rings is 2. The zero-order valence-corrected chi connectivity index (χ0v) is 15.9. The second-order valence-electron chi connectivity index (χ2n) is 5.38. The Kier molecular flexibility index (Phi) is 6.25. The van der Waals surface area contributed by atoms with Crippen LogP contribution < -0.4 is 15.8 Å². The fourth-order valence-electron chi connectivity index (χ4n) is 2.12. The molecule has 0 aliphatic carbocycles. The van der Waals surface area contributed by atoms with E-state index in [2.05, 4.69) is 10.6 Å². The van der Waals surface area contributed by atoms with Crippen LogP contribution in [0.15, 0.2) is 41.3 Å². The van der Waals surface area contributed by atoms with Gasteiger partial charge in [-0.05, 0) is 42.8 Å². The van der Waals surface area contributed by atoms with Crippen LogP contribution in [0, 0.1) is 6.92 Å². The van der Waals surface area contributed by atoms with E-state index in [4.69, 9.17) is 28.3 Å². The predicted octanol–water partition coefficient (Wildman–Crippen LogP) is 2.32. The average Bonchev–Trinajstić information content (AvgIpc) is 2.53. The molecule has 0 saturated carbocycles. The Morgan fingerprint density at radius 1 is 1.12 bits per heavy atom. The van der Waals surface area contributed by atoms with E-state index < -0.39 is 21.8 Å². The molecule has 0 aliphatic heterocycles. The van der Waals surface area contributed by atoms with Gasteiger partial charge in [-0.25, -0.2) is 13.6 Å². The monoisotopic (exact) mass is 415 g/mol. The summed E-state index contributed by atoms with van der Waals surface area (Å²) in [6.07, 6.45) is 0. The third kappa shape index (κ3) is 5.18. The Bertz CT molecular complexity index is 977. The molecule has 10 heteroatoms. The van der Waals surface area contributed by atoms with Gasteiger partial charge in [-0.1, -0.05) is 29.3 Å². The standard InChI is InChI=1S/C16H15Cl2N3O4S/c1-9-2-4-11(7-14(9)26(19,24)25)21-15(22)8-20-16(23)12-5-3-10(17)6-13(12)18/h2-7H,8H2,1H3,(H,20,23)(H,21,22)(H2,19,24,25). The number of aryl methyl sites for hydroxylation is 1. The minimum atomic E-state index is -3.91. The second-order valence-corrected chi connectivity index (χ2v) is 7.75. The maximum Gasteiger partial charge on any atom is 0.253 e. The maximum atomic E-state index is 12.0. The fourth-order valence-corrected chi connectivity index (χ4v) is 3.42. The molecule has 0 saturated heterocycles. The van der Waals surface area contributed by atoms with Gasteiger partial charge in [-0.15, -0.1) is 0 Å². The van der Waals surface area contributed by atoms with Crippen LogP contribution in [0.25, 0.3) is 0 Å². The molecule has 26 heavy (non-hydrogen) atoms. The molecule has 7 nitrogen and oxygen atoms in total. The Morgan fingerprint density at radius 2 is 1.81 bits per heavy atom. The number of rotatable bonds is 5. The lowest BCUT2D eigenvalue weighted by molar-refractivity contribution is -0.115. The first-order valence-electron chi connectivity index (χ1n) is 7.24. The molecule has 138 valence electrons. The number of halogens is 2. The first-order chi connectivity index (χ1) is 12.1. The normalized spacial score (nSPS) is 11.1. The Balaban J connectivity index is 2.02. The van der Waals surface area contributed by atoms with Crippen LogP contribution in [0.1, 0.15) is 15.9 Å². The van der Waals surface area contributed by atoms with Crippen LogP contribution >= 0.6 is 23.2 Å². The number of sulfonamides is 1. The highest BCUT2D eigenvalue weighted by Gasteiger charge is 2.15. The van der Waals surface area contributed by atoms with Gasteiger partial charge in [-0.2, -0.15) is 0 Å². The molecule has 2 aromatic rings. The maximum absolute atomic E-state index is 12.0. The number of carbonyl (C=O) groups excluding carboxylic acids is 2. The summed E-state index contributed by atoms with van der Waals surface area (Å²) in [6.45, 7) is 1.25. The molecule has 0 heterocycles. The molecular weight excluding hydrogens is 401 g/mol. The molecule has 0 aromatic heterocycles. The summed E-state index contributed by atoms with van der Waals surface area (Å²) in [5, 5.41) is 10.6. The summed E-state index contributed by atoms with van der Waals surface area (Å²) < 4.78 is 23.0. The minimum absolute atomic E-state index is 0.0905. The number of primary sulfonamides is 1. The van der Waals surface area contributed by atoms with Crippen molar-refractivity contribution in [3.63, 3.8) is 0 Å². The van der Waals surface area contributed by atoms with Crippen LogP contribution in [-0.4, -0.2) is 26.8 Å². The summed E-state index contributed by atoms with van der Waals surface area (Å²) in [6, 6.07) is 8.65. The van der Waals surface area contributed by atoms with Crippen molar-refractivity contribution in [3.8, 4) is 0 Å². The molecular formula is C16H15Cl2N3O4S. The third-order valence-electron chi connectivity index (χ3n) is 3.36. The highest BCUT2D eigenvalue weighted by molar-refractivity contribution is 7.89. The third-order valence-corrected chi connectivity index (χ3v) is 4.96. The number of nitrogens with one attached hydrogen (secondary N) is 2. The van der Waals surface area contributed by atoms with E-state index in [1.807, 2.05) is 0 Å². The molecule has 2 amide bonds. The smallest absolute Gasteiger partial charge is 0.253 e. The molecule has 0 unspecified atom stereocenters. The average molecular weight is 416 g/mol. The molecule has 0 bridgehead atoms. The van der Waals surface area contributed by atoms with E-state index in [1.165, 1.54) is 36.4 Å². The van der Waals surface area contributed by atoms with E-state index in [9.17, 15) is 18.0 Å². The van der Waals surface area contributed by atoms with Crippen molar-refractivity contribution in [2.45, 2.75) is 11.8 Å². The van der Waals surface area contributed by atoms with Crippen molar-refractivity contribution in [1.29, 1.82) is 0 Å². The second kappa shape index (κ2) is 8.05. The topological polar surface area (TPSA) is 118 Å². The van der Waals surface area contributed by atoms with Gasteiger partial charge >= 0.3 is 0 Å². The summed E-state index contributed by atoms with van der Waals surface area (Å²) in [5.41, 5.74) is 0.871. The van der Waals surface area contributed by atoms with Gasteiger partial charge in [0.05, 0.1) is 22.0 Å². The first-order valence-corrected chi connectivity index (χ1v) is 9.54. The highest BCUT2D eigenvalue weighted by Crippen LogP contribution is 2.21. The zero-order chi connectivity index (χ0) is 19.5. The Morgan fingerprint density at radius 3 is 2.42 bits per heavy atom. The summed E-state index contributed by atoms with van der Waals surface area (Å²) in [4.78, 5) is 23.9. The summed E-state index contributed by atoms with van der Waals surface area (Å²) in [5.74, 6) is -1.09. The van der Waals surface area contributed by atoms with E-state index >= 15 is 0 Å². The Hall–Kier alpha value is -2.13. The number of carbonyl (C=O) groups is 2. The van der Waals surface area contributed by atoms with Gasteiger partial charge in [-0.3, -0.25) is 9.59 Å². The lowest BCUT2D eigenvalue weighted by Crippen LogP contribution is -2.33. The summed E-state index contributed by atoms with van der Waals surface area (Å²) >= 11 is 11.7. The van der Waals surface area contributed by atoms with E-state index in [-0.39, 0.29) is 27.7 Å². The Labute approximate surface area is 160 Å². The number of hydrogen-bond acceptors (Lipinski definition) is 4. The number of anilines is 1. The van der Waals surface area contributed by atoms with Crippen molar-refractivity contribution in [1.82, 2.24) is 5.32 Å². The van der Waals surface area contributed by atoms with Crippen LogP contribution in [0.4, 0.5) is 5.69 Å².